The van der Waals surface area contributed by atoms with Gasteiger partial charge in [0.05, 0.1) is 0 Å². The fraction of sp³-hybridized carbons (Fsp3) is 0.750. The lowest BCUT2D eigenvalue weighted by atomic mass is 10.0. The van der Waals surface area contributed by atoms with Crippen molar-refractivity contribution in [1.29, 1.82) is 0 Å². The average Bonchev–Trinajstić information content (AvgIpc) is 3.31. The van der Waals surface area contributed by atoms with Crippen molar-refractivity contribution in [2.24, 2.45) is 0 Å². The first-order valence-corrected chi connectivity index (χ1v) is 27.9. The van der Waals surface area contributed by atoms with Gasteiger partial charge in [-0.05, 0) is 83.5 Å². The standard InChI is InChI=1S/C60H104O6/c1-4-7-10-13-16-18-20-22-24-25-26-27-28-29-30-31-32-33-34-35-36-38-39-41-44-47-50-53-59(62)65-56-57(55-64-58(61)52-49-46-43-15-12-9-6-3)66-60(63)54-51-48-45-42-40-37-23-21-19-17-14-11-8-5-2/h7,10,14,16-18,21-24,26-27,57H,4-6,8-9,11-13,15,19-20,25,28-56H2,1-3H3/b10-7-,17-14-,18-16-,23-21-,24-22-,27-26-. The Kier molecular flexibility index (Phi) is 51.9. The van der Waals surface area contributed by atoms with Crippen LogP contribution in [0.1, 0.15) is 271 Å². The lowest BCUT2D eigenvalue weighted by Gasteiger charge is -2.18. The van der Waals surface area contributed by atoms with E-state index in [1.54, 1.807) is 0 Å². The number of esters is 3. The summed E-state index contributed by atoms with van der Waals surface area (Å²) < 4.78 is 16.7. The summed E-state index contributed by atoms with van der Waals surface area (Å²) in [7, 11) is 0. The summed E-state index contributed by atoms with van der Waals surface area (Å²) >= 11 is 0. The summed E-state index contributed by atoms with van der Waals surface area (Å²) in [5, 5.41) is 0. The zero-order chi connectivity index (χ0) is 47.9. The van der Waals surface area contributed by atoms with Crippen molar-refractivity contribution in [3.05, 3.63) is 72.9 Å². The Labute approximate surface area is 408 Å². The van der Waals surface area contributed by atoms with Gasteiger partial charge in [0.15, 0.2) is 6.10 Å². The van der Waals surface area contributed by atoms with Gasteiger partial charge >= 0.3 is 17.9 Å². The molecular formula is C60H104O6. The predicted molar refractivity (Wildman–Crippen MR) is 284 cm³/mol. The molecule has 66 heavy (non-hydrogen) atoms. The molecule has 0 heterocycles. The van der Waals surface area contributed by atoms with Crippen molar-refractivity contribution in [1.82, 2.24) is 0 Å². The highest BCUT2D eigenvalue weighted by atomic mass is 16.6. The molecule has 0 aromatic carbocycles. The molecule has 0 saturated carbocycles. The minimum Gasteiger partial charge on any atom is -0.462 e. The topological polar surface area (TPSA) is 78.9 Å². The number of carbonyl (C=O) groups excluding carboxylic acids is 3. The third-order valence-electron chi connectivity index (χ3n) is 11.9. The summed E-state index contributed by atoms with van der Waals surface area (Å²) in [6, 6.07) is 0. The van der Waals surface area contributed by atoms with Gasteiger partial charge in [-0.1, -0.05) is 241 Å². The van der Waals surface area contributed by atoms with Gasteiger partial charge in [-0.3, -0.25) is 14.4 Å². The Morgan fingerprint density at radius 1 is 0.318 bits per heavy atom. The van der Waals surface area contributed by atoms with E-state index in [2.05, 4.69) is 93.7 Å². The van der Waals surface area contributed by atoms with Gasteiger partial charge in [0.1, 0.15) is 13.2 Å². The van der Waals surface area contributed by atoms with Crippen molar-refractivity contribution >= 4 is 17.9 Å². The summed E-state index contributed by atoms with van der Waals surface area (Å²) in [4.78, 5) is 37.9. The van der Waals surface area contributed by atoms with Gasteiger partial charge in [0, 0.05) is 19.3 Å². The van der Waals surface area contributed by atoms with Crippen LogP contribution >= 0.6 is 0 Å². The smallest absolute Gasteiger partial charge is 0.306 e. The third-order valence-corrected chi connectivity index (χ3v) is 11.9. The van der Waals surface area contributed by atoms with E-state index in [9.17, 15) is 14.4 Å². The zero-order valence-electron chi connectivity index (χ0n) is 43.4. The molecule has 0 aliphatic carbocycles. The molecule has 380 valence electrons. The molecule has 0 aromatic rings. The van der Waals surface area contributed by atoms with Crippen LogP contribution in [0.2, 0.25) is 0 Å². The maximum absolute atomic E-state index is 12.8. The number of hydrogen-bond acceptors (Lipinski definition) is 6. The normalized spacial score (nSPS) is 12.6. The first-order chi connectivity index (χ1) is 32.5. The van der Waals surface area contributed by atoms with E-state index in [0.717, 1.165) is 109 Å². The fourth-order valence-electron chi connectivity index (χ4n) is 7.74. The number of unbranched alkanes of at least 4 members (excludes halogenated alkanes) is 27. The second kappa shape index (κ2) is 54.5. The third kappa shape index (κ3) is 51.8. The maximum atomic E-state index is 12.8. The monoisotopic (exact) mass is 921 g/mol. The van der Waals surface area contributed by atoms with Crippen molar-refractivity contribution < 1.29 is 28.6 Å². The van der Waals surface area contributed by atoms with Gasteiger partial charge in [-0.2, -0.15) is 0 Å². The van der Waals surface area contributed by atoms with Crippen molar-refractivity contribution in [2.75, 3.05) is 13.2 Å². The summed E-state index contributed by atoms with van der Waals surface area (Å²) in [6.07, 6.45) is 69.2. The molecule has 0 fully saturated rings. The van der Waals surface area contributed by atoms with Crippen LogP contribution in [0.25, 0.3) is 0 Å². The zero-order valence-corrected chi connectivity index (χ0v) is 43.4. The molecule has 0 rings (SSSR count). The summed E-state index contributed by atoms with van der Waals surface area (Å²) in [5.41, 5.74) is 0. The molecule has 0 radical (unpaired) electrons. The van der Waals surface area contributed by atoms with Gasteiger partial charge in [-0.25, -0.2) is 0 Å². The first kappa shape index (κ1) is 62.8. The van der Waals surface area contributed by atoms with Gasteiger partial charge in [-0.15, -0.1) is 0 Å². The van der Waals surface area contributed by atoms with E-state index in [1.807, 2.05) is 0 Å². The number of rotatable bonds is 50. The van der Waals surface area contributed by atoms with E-state index in [0.29, 0.717) is 19.3 Å². The molecule has 1 unspecified atom stereocenters. The Morgan fingerprint density at radius 2 is 0.606 bits per heavy atom. The van der Waals surface area contributed by atoms with E-state index in [-0.39, 0.29) is 31.1 Å². The maximum Gasteiger partial charge on any atom is 0.306 e. The Morgan fingerprint density at radius 3 is 0.970 bits per heavy atom. The van der Waals surface area contributed by atoms with Crippen molar-refractivity contribution in [3.63, 3.8) is 0 Å². The molecule has 0 aromatic heterocycles. The molecule has 0 aliphatic heterocycles. The van der Waals surface area contributed by atoms with Crippen LogP contribution in [0.3, 0.4) is 0 Å². The minimum absolute atomic E-state index is 0.0792. The largest absolute Gasteiger partial charge is 0.462 e. The first-order valence-electron chi connectivity index (χ1n) is 27.9. The lowest BCUT2D eigenvalue weighted by molar-refractivity contribution is -0.167. The van der Waals surface area contributed by atoms with Gasteiger partial charge in [0.2, 0.25) is 0 Å². The fourth-order valence-corrected chi connectivity index (χ4v) is 7.74. The van der Waals surface area contributed by atoms with Crippen LogP contribution in [0.15, 0.2) is 72.9 Å². The number of allylic oxidation sites excluding steroid dienone is 12. The molecule has 0 bridgehead atoms. The highest BCUT2D eigenvalue weighted by Crippen LogP contribution is 2.16. The van der Waals surface area contributed by atoms with E-state index in [1.165, 1.54) is 122 Å². The van der Waals surface area contributed by atoms with Crippen LogP contribution < -0.4 is 0 Å². The molecule has 1 atom stereocenters. The van der Waals surface area contributed by atoms with Crippen LogP contribution in [0.4, 0.5) is 0 Å². The van der Waals surface area contributed by atoms with Crippen molar-refractivity contribution in [2.45, 2.75) is 277 Å². The number of hydrogen-bond donors (Lipinski definition) is 0. The molecular weight excluding hydrogens is 817 g/mol. The quantitative estimate of drug-likeness (QED) is 0.0262. The molecule has 6 nitrogen and oxygen atoms in total. The molecule has 0 N–H and O–H groups in total. The van der Waals surface area contributed by atoms with Crippen LogP contribution in [-0.2, 0) is 28.6 Å². The summed E-state index contributed by atoms with van der Waals surface area (Å²) in [5.74, 6) is -0.895. The van der Waals surface area contributed by atoms with Crippen LogP contribution in [-0.4, -0.2) is 37.2 Å². The number of ether oxygens (including phenoxy) is 3. The Hall–Kier alpha value is -3.15. The van der Waals surface area contributed by atoms with Crippen LogP contribution in [0.5, 0.6) is 0 Å². The van der Waals surface area contributed by atoms with Crippen molar-refractivity contribution in [3.8, 4) is 0 Å². The SMILES string of the molecule is CC/C=C\C/C=C\C/C=C\C/C=C\CCCCCCCCCCCCCCCCC(=O)OCC(COC(=O)CCCCCCCCC)OC(=O)CCCCCCC/C=C\C/C=C\CCCC. The molecule has 6 heteroatoms. The van der Waals surface area contributed by atoms with E-state index >= 15 is 0 Å². The second-order valence-electron chi connectivity index (χ2n) is 18.5. The Bertz CT molecular complexity index is 1240. The lowest BCUT2D eigenvalue weighted by Crippen LogP contribution is -2.30. The Balaban J connectivity index is 4.11. The molecule has 0 amide bonds. The minimum atomic E-state index is -0.778. The average molecular weight is 921 g/mol. The summed E-state index contributed by atoms with van der Waals surface area (Å²) in [6.45, 7) is 6.44. The predicted octanol–water partition coefficient (Wildman–Crippen LogP) is 18.6. The molecule has 0 aliphatic rings. The van der Waals surface area contributed by atoms with E-state index in [4.69, 9.17) is 14.2 Å². The van der Waals surface area contributed by atoms with Crippen LogP contribution in [0, 0.1) is 0 Å². The number of carbonyl (C=O) groups is 3. The van der Waals surface area contributed by atoms with Gasteiger partial charge < -0.3 is 14.2 Å². The van der Waals surface area contributed by atoms with Gasteiger partial charge in [0.25, 0.3) is 0 Å². The second-order valence-corrected chi connectivity index (χ2v) is 18.5. The highest BCUT2D eigenvalue weighted by Gasteiger charge is 2.19. The highest BCUT2D eigenvalue weighted by molar-refractivity contribution is 5.71. The van der Waals surface area contributed by atoms with E-state index < -0.39 is 6.10 Å². The molecule has 0 saturated heterocycles. The molecule has 0 spiro atoms.